The van der Waals surface area contributed by atoms with Gasteiger partial charge in [-0.1, -0.05) is 11.2 Å². The Morgan fingerprint density at radius 2 is 2.06 bits per heavy atom. The van der Waals surface area contributed by atoms with Crippen LogP contribution in [0, 0.1) is 5.82 Å². The number of oxime groups is 1. The van der Waals surface area contributed by atoms with Gasteiger partial charge in [0.15, 0.2) is 0 Å². The smallest absolute Gasteiger partial charge is 0.399 e. The summed E-state index contributed by atoms with van der Waals surface area (Å²) in [6.07, 6.45) is -3.12. The zero-order chi connectivity index (χ0) is 12.2. The average molecular weight is 235 g/mol. The highest BCUT2D eigenvalue weighted by Crippen LogP contribution is 2.31. The first-order valence-corrected chi connectivity index (χ1v) is 4.35. The van der Waals surface area contributed by atoms with Crippen molar-refractivity contribution in [2.75, 3.05) is 7.11 Å². The van der Waals surface area contributed by atoms with Crippen molar-refractivity contribution in [3.63, 3.8) is 0 Å². The Morgan fingerprint density at radius 1 is 1.38 bits per heavy atom. The van der Waals surface area contributed by atoms with E-state index in [1.807, 2.05) is 0 Å². The first-order chi connectivity index (χ1) is 7.45. The molecule has 0 aliphatic rings. The van der Waals surface area contributed by atoms with Crippen LogP contribution >= 0.6 is 0 Å². The molecular formula is C10H9F4NO. The topological polar surface area (TPSA) is 21.6 Å². The molecule has 0 radical (unpaired) electrons. The average Bonchev–Trinajstić information content (AvgIpc) is 2.16. The maximum Gasteiger partial charge on any atom is 0.419 e. The lowest BCUT2D eigenvalue weighted by atomic mass is 10.1. The van der Waals surface area contributed by atoms with E-state index in [9.17, 15) is 17.6 Å². The summed E-state index contributed by atoms with van der Waals surface area (Å²) in [5.74, 6) is -1.28. The van der Waals surface area contributed by atoms with Crippen molar-refractivity contribution < 1.29 is 22.4 Å². The highest BCUT2D eigenvalue weighted by Gasteiger charge is 2.33. The summed E-state index contributed by atoms with van der Waals surface area (Å²) in [6, 6.07) is 2.75. The lowest BCUT2D eigenvalue weighted by molar-refractivity contribution is -0.140. The molecule has 0 aliphatic heterocycles. The molecule has 0 fully saturated rings. The van der Waals surface area contributed by atoms with Crippen molar-refractivity contribution in [1.29, 1.82) is 0 Å². The van der Waals surface area contributed by atoms with Gasteiger partial charge in [0.25, 0.3) is 0 Å². The highest BCUT2D eigenvalue weighted by atomic mass is 19.4. The molecule has 0 aliphatic carbocycles. The molecule has 1 aromatic carbocycles. The molecule has 0 unspecified atom stereocenters. The van der Waals surface area contributed by atoms with Gasteiger partial charge in [0.2, 0.25) is 0 Å². The van der Waals surface area contributed by atoms with Crippen LogP contribution in [0.5, 0.6) is 0 Å². The van der Waals surface area contributed by atoms with Crippen LogP contribution in [0.15, 0.2) is 23.4 Å². The SMILES string of the molecule is CON=CCc1ccc(C(F)(F)F)c(F)c1. The van der Waals surface area contributed by atoms with Crippen molar-refractivity contribution in [2.24, 2.45) is 5.16 Å². The predicted octanol–water partition coefficient (Wildman–Crippen LogP) is 3.02. The van der Waals surface area contributed by atoms with E-state index < -0.39 is 17.6 Å². The minimum atomic E-state index is -4.66. The second-order valence-corrected chi connectivity index (χ2v) is 2.99. The minimum Gasteiger partial charge on any atom is -0.399 e. The van der Waals surface area contributed by atoms with E-state index in [0.29, 0.717) is 11.6 Å². The predicted molar refractivity (Wildman–Crippen MR) is 50.6 cm³/mol. The normalized spacial score (nSPS) is 12.1. The molecule has 0 saturated heterocycles. The van der Waals surface area contributed by atoms with Crippen molar-refractivity contribution >= 4 is 6.21 Å². The summed E-state index contributed by atoms with van der Waals surface area (Å²) in [4.78, 5) is 4.37. The summed E-state index contributed by atoms with van der Waals surface area (Å²) in [5.41, 5.74) is -0.869. The molecule has 2 nitrogen and oxygen atoms in total. The molecule has 6 heteroatoms. The molecule has 0 spiro atoms. The number of hydrogen-bond donors (Lipinski definition) is 0. The molecule has 0 aromatic heterocycles. The lowest BCUT2D eigenvalue weighted by Crippen LogP contribution is -2.08. The molecular weight excluding hydrogens is 226 g/mol. The second-order valence-electron chi connectivity index (χ2n) is 2.99. The molecule has 0 saturated carbocycles. The van der Waals surface area contributed by atoms with Gasteiger partial charge in [0, 0.05) is 12.6 Å². The first-order valence-electron chi connectivity index (χ1n) is 4.35. The minimum absolute atomic E-state index is 0.211. The molecule has 88 valence electrons. The largest absolute Gasteiger partial charge is 0.419 e. The van der Waals surface area contributed by atoms with E-state index in [1.165, 1.54) is 19.4 Å². The number of hydrogen-bond acceptors (Lipinski definition) is 2. The quantitative estimate of drug-likeness (QED) is 0.448. The van der Waals surface area contributed by atoms with Gasteiger partial charge in [0.05, 0.1) is 5.56 Å². The molecule has 16 heavy (non-hydrogen) atoms. The Balaban J connectivity index is 2.87. The van der Waals surface area contributed by atoms with Gasteiger partial charge in [-0.05, 0) is 17.7 Å². The summed E-state index contributed by atoms with van der Waals surface area (Å²) < 4.78 is 49.7. The molecule has 0 amide bonds. The molecule has 0 atom stereocenters. The second kappa shape index (κ2) is 4.96. The van der Waals surface area contributed by atoms with E-state index in [-0.39, 0.29) is 6.42 Å². The monoisotopic (exact) mass is 235 g/mol. The van der Waals surface area contributed by atoms with Crippen molar-refractivity contribution in [2.45, 2.75) is 12.6 Å². The first kappa shape index (κ1) is 12.5. The summed E-state index contributed by atoms with van der Waals surface area (Å²) in [5, 5.41) is 3.40. The molecule has 0 bridgehead atoms. The number of benzene rings is 1. The van der Waals surface area contributed by atoms with Crippen LogP contribution in [0.25, 0.3) is 0 Å². The van der Waals surface area contributed by atoms with Gasteiger partial charge in [-0.3, -0.25) is 0 Å². The fourth-order valence-electron chi connectivity index (χ4n) is 1.13. The molecule has 0 heterocycles. The maximum atomic E-state index is 13.1. The van der Waals surface area contributed by atoms with Gasteiger partial charge < -0.3 is 4.84 Å². The van der Waals surface area contributed by atoms with E-state index in [2.05, 4.69) is 9.99 Å². The van der Waals surface area contributed by atoms with Gasteiger partial charge >= 0.3 is 6.18 Å². The van der Waals surface area contributed by atoms with Crippen LogP contribution in [-0.4, -0.2) is 13.3 Å². The van der Waals surface area contributed by atoms with Crippen LogP contribution < -0.4 is 0 Å². The zero-order valence-electron chi connectivity index (χ0n) is 8.38. The summed E-state index contributed by atoms with van der Waals surface area (Å²) >= 11 is 0. The van der Waals surface area contributed by atoms with Crippen LogP contribution in [-0.2, 0) is 17.4 Å². The number of rotatable bonds is 3. The Kier molecular flexibility index (Phi) is 3.87. The van der Waals surface area contributed by atoms with Crippen LogP contribution in [0.3, 0.4) is 0 Å². The third-order valence-electron chi connectivity index (χ3n) is 1.85. The van der Waals surface area contributed by atoms with Gasteiger partial charge in [-0.2, -0.15) is 13.2 Å². The zero-order valence-corrected chi connectivity index (χ0v) is 8.38. The standard InChI is InChI=1S/C10H9F4NO/c1-16-15-5-4-7-2-3-8(9(11)6-7)10(12,13)14/h2-3,5-6H,4H2,1H3. The Morgan fingerprint density at radius 3 is 2.56 bits per heavy atom. The van der Waals surface area contributed by atoms with E-state index in [1.54, 1.807) is 0 Å². The van der Waals surface area contributed by atoms with Crippen molar-refractivity contribution in [3.05, 3.63) is 35.1 Å². The van der Waals surface area contributed by atoms with Crippen molar-refractivity contribution in [3.8, 4) is 0 Å². The van der Waals surface area contributed by atoms with Gasteiger partial charge in [-0.25, -0.2) is 4.39 Å². The molecule has 1 rings (SSSR count). The number of alkyl halides is 3. The number of halogens is 4. The Labute approximate surface area is 89.5 Å². The molecule has 0 N–H and O–H groups in total. The third kappa shape index (κ3) is 3.22. The highest BCUT2D eigenvalue weighted by molar-refractivity contribution is 5.60. The van der Waals surface area contributed by atoms with E-state index in [0.717, 1.165) is 6.07 Å². The van der Waals surface area contributed by atoms with E-state index >= 15 is 0 Å². The third-order valence-corrected chi connectivity index (χ3v) is 1.85. The number of nitrogens with zero attached hydrogens (tertiary/aromatic N) is 1. The van der Waals surface area contributed by atoms with Crippen molar-refractivity contribution in [1.82, 2.24) is 0 Å². The lowest BCUT2D eigenvalue weighted by Gasteiger charge is -2.08. The van der Waals surface area contributed by atoms with Crippen LogP contribution in [0.1, 0.15) is 11.1 Å². The maximum absolute atomic E-state index is 13.1. The van der Waals surface area contributed by atoms with Gasteiger partial charge in [-0.15, -0.1) is 0 Å². The summed E-state index contributed by atoms with van der Waals surface area (Å²) in [6.45, 7) is 0. The Hall–Kier alpha value is -1.59. The summed E-state index contributed by atoms with van der Waals surface area (Å²) in [7, 11) is 1.34. The fraction of sp³-hybridized carbons (Fsp3) is 0.300. The Bertz CT molecular complexity index is 387. The molecule has 1 aromatic rings. The van der Waals surface area contributed by atoms with Crippen LogP contribution in [0.4, 0.5) is 17.6 Å². The fourth-order valence-corrected chi connectivity index (χ4v) is 1.13. The van der Waals surface area contributed by atoms with Gasteiger partial charge in [0.1, 0.15) is 12.9 Å². The van der Waals surface area contributed by atoms with E-state index in [4.69, 9.17) is 0 Å². The van der Waals surface area contributed by atoms with Crippen LogP contribution in [0.2, 0.25) is 0 Å².